The van der Waals surface area contributed by atoms with E-state index in [1.165, 1.54) is 5.38 Å². The first-order valence-electron chi connectivity index (χ1n) is 8.55. The van der Waals surface area contributed by atoms with Crippen LogP contribution in [0.25, 0.3) is 0 Å². The molecule has 0 atom stereocenters. The molecule has 0 saturated heterocycles. The van der Waals surface area contributed by atoms with Gasteiger partial charge in [-0.25, -0.2) is 9.78 Å². The first-order valence-corrected chi connectivity index (χ1v) is 9.43. The molecule has 2 aromatic carbocycles. The summed E-state index contributed by atoms with van der Waals surface area (Å²) in [7, 11) is 0. The van der Waals surface area contributed by atoms with Gasteiger partial charge in [-0.1, -0.05) is 65.8 Å². The minimum absolute atomic E-state index is 0.204. The van der Waals surface area contributed by atoms with Crippen molar-refractivity contribution in [3.8, 4) is 0 Å². The van der Waals surface area contributed by atoms with Crippen LogP contribution in [0.15, 0.2) is 71.2 Å². The minimum atomic E-state index is -0.848. The van der Waals surface area contributed by atoms with Gasteiger partial charge in [0.2, 0.25) is 12.3 Å². The number of carbonyl (C=O) groups excluding carboxylic acids is 2. The molecule has 0 radical (unpaired) electrons. The predicted molar refractivity (Wildman–Crippen MR) is 109 cm³/mol. The number of hydrogen-bond acceptors (Lipinski definition) is 8. The molecule has 0 aliphatic rings. The second kappa shape index (κ2) is 9.47. The number of primary amides is 1. The van der Waals surface area contributed by atoms with E-state index >= 15 is 0 Å². The third-order valence-corrected chi connectivity index (χ3v) is 4.62. The number of nitrogen functional groups attached to an aromatic ring is 1. The molecular weight excluding hydrogens is 392 g/mol. The molecule has 148 valence electrons. The maximum atomic E-state index is 12.3. The van der Waals surface area contributed by atoms with Crippen molar-refractivity contribution in [2.45, 2.75) is 6.10 Å². The molecule has 1 heterocycles. The van der Waals surface area contributed by atoms with Crippen molar-refractivity contribution >= 4 is 34.7 Å². The van der Waals surface area contributed by atoms with E-state index in [0.29, 0.717) is 0 Å². The third-order valence-electron chi connectivity index (χ3n) is 3.75. The fraction of sp³-hybridized carbons (Fsp3) is 0.100. The molecule has 1 amide bonds. The molecule has 0 saturated carbocycles. The van der Waals surface area contributed by atoms with Crippen molar-refractivity contribution in [1.82, 2.24) is 4.98 Å². The average molecular weight is 410 g/mol. The fourth-order valence-electron chi connectivity index (χ4n) is 2.48. The van der Waals surface area contributed by atoms with Crippen LogP contribution < -0.4 is 11.5 Å². The van der Waals surface area contributed by atoms with E-state index in [1.807, 2.05) is 60.7 Å². The number of amides is 1. The van der Waals surface area contributed by atoms with Crippen LogP contribution in [-0.2, 0) is 19.2 Å². The second-order valence-electron chi connectivity index (χ2n) is 5.85. The van der Waals surface area contributed by atoms with E-state index in [-0.39, 0.29) is 16.5 Å². The molecule has 0 spiro atoms. The number of carbonyl (C=O) groups is 2. The van der Waals surface area contributed by atoms with Gasteiger partial charge in [-0.15, -0.1) is 11.3 Å². The number of esters is 1. The molecule has 0 aliphatic heterocycles. The maximum Gasteiger partial charge on any atom is 0.347 e. The summed E-state index contributed by atoms with van der Waals surface area (Å²) in [5.74, 6) is -1.28. The Kier molecular flexibility index (Phi) is 6.54. The van der Waals surface area contributed by atoms with Crippen LogP contribution in [-0.4, -0.2) is 29.2 Å². The topological polar surface area (TPSA) is 130 Å². The van der Waals surface area contributed by atoms with Crippen LogP contribution in [0.5, 0.6) is 0 Å². The van der Waals surface area contributed by atoms with Gasteiger partial charge in [0.15, 0.2) is 11.1 Å². The lowest BCUT2D eigenvalue weighted by Crippen LogP contribution is -2.25. The Hall–Kier alpha value is -3.72. The van der Waals surface area contributed by atoms with E-state index < -0.39 is 24.6 Å². The number of aromatic nitrogens is 1. The smallest absolute Gasteiger partial charge is 0.347 e. The van der Waals surface area contributed by atoms with Crippen molar-refractivity contribution in [3.63, 3.8) is 0 Å². The zero-order chi connectivity index (χ0) is 20.6. The van der Waals surface area contributed by atoms with Crippen LogP contribution in [0.2, 0.25) is 0 Å². The lowest BCUT2D eigenvalue weighted by atomic mass is 10.0. The largest absolute Gasteiger partial charge is 0.450 e. The number of ether oxygens (including phenoxy) is 1. The number of nitrogens with zero attached hydrogens (tertiary/aromatic N) is 2. The van der Waals surface area contributed by atoms with Gasteiger partial charge in [-0.05, 0) is 11.1 Å². The minimum Gasteiger partial charge on any atom is -0.450 e. The van der Waals surface area contributed by atoms with E-state index in [1.54, 1.807) is 0 Å². The zero-order valence-electron chi connectivity index (χ0n) is 15.2. The van der Waals surface area contributed by atoms with E-state index in [2.05, 4.69) is 10.1 Å². The quantitative estimate of drug-likeness (QED) is 0.333. The number of thiazole rings is 1. The van der Waals surface area contributed by atoms with Gasteiger partial charge in [0.25, 0.3) is 5.91 Å². The molecule has 0 bridgehead atoms. The summed E-state index contributed by atoms with van der Waals surface area (Å²) in [6.45, 7) is -0.506. The molecule has 4 N–H and O–H groups in total. The summed E-state index contributed by atoms with van der Waals surface area (Å²) in [4.78, 5) is 32.8. The fourth-order valence-corrected chi connectivity index (χ4v) is 3.18. The number of anilines is 1. The van der Waals surface area contributed by atoms with Gasteiger partial charge >= 0.3 is 5.97 Å². The molecule has 0 unspecified atom stereocenters. The van der Waals surface area contributed by atoms with Gasteiger partial charge in [0.05, 0.1) is 0 Å². The Morgan fingerprint density at radius 1 is 1.03 bits per heavy atom. The van der Waals surface area contributed by atoms with Crippen LogP contribution in [0.3, 0.4) is 0 Å². The van der Waals surface area contributed by atoms with Gasteiger partial charge in [-0.3, -0.25) is 4.79 Å². The Morgan fingerprint density at radius 3 is 2.10 bits per heavy atom. The lowest BCUT2D eigenvalue weighted by Gasteiger charge is -2.18. The summed E-state index contributed by atoms with van der Waals surface area (Å²) in [6, 6.07) is 18.6. The number of rotatable bonds is 8. The molecule has 0 aliphatic carbocycles. The van der Waals surface area contributed by atoms with Crippen molar-refractivity contribution in [1.29, 1.82) is 0 Å². The molecule has 9 heteroatoms. The van der Waals surface area contributed by atoms with Gasteiger partial charge in [0.1, 0.15) is 5.82 Å². The van der Waals surface area contributed by atoms with Crippen molar-refractivity contribution in [2.24, 2.45) is 10.9 Å². The molecule has 0 fully saturated rings. The highest BCUT2D eigenvalue weighted by atomic mass is 32.1. The summed E-state index contributed by atoms with van der Waals surface area (Å²) in [5.41, 5.74) is 12.2. The standard InChI is InChI=1S/C20H18N4O4S/c21-15-12-29-20(23-15)17(19(22)26)24-27-11-16(25)28-18(13-7-3-1-4-8-13)14-9-5-2-6-10-14/h1-10,12,18H,11,21H2,(H2,22,26). The summed E-state index contributed by atoms with van der Waals surface area (Å²) >= 11 is 1.09. The summed E-state index contributed by atoms with van der Waals surface area (Å²) in [6.07, 6.45) is -0.605. The van der Waals surface area contributed by atoms with Gasteiger partial charge in [0, 0.05) is 5.38 Å². The number of nitrogens with two attached hydrogens (primary N) is 2. The first-order chi connectivity index (χ1) is 14.0. The molecule has 8 nitrogen and oxygen atoms in total. The highest BCUT2D eigenvalue weighted by molar-refractivity contribution is 7.13. The normalized spacial score (nSPS) is 11.3. The maximum absolute atomic E-state index is 12.3. The van der Waals surface area contributed by atoms with Crippen molar-refractivity contribution in [3.05, 3.63) is 82.2 Å². The predicted octanol–water partition coefficient (Wildman–Crippen LogP) is 2.26. The Balaban J connectivity index is 1.70. The number of oxime groups is 1. The highest BCUT2D eigenvalue weighted by Gasteiger charge is 2.20. The van der Waals surface area contributed by atoms with Crippen LogP contribution in [0.4, 0.5) is 5.82 Å². The van der Waals surface area contributed by atoms with Crippen LogP contribution in [0.1, 0.15) is 22.2 Å². The first kappa shape index (κ1) is 20.0. The molecule has 3 aromatic rings. The van der Waals surface area contributed by atoms with Crippen molar-refractivity contribution < 1.29 is 19.2 Å². The molecule has 29 heavy (non-hydrogen) atoms. The van der Waals surface area contributed by atoms with Crippen LogP contribution >= 0.6 is 11.3 Å². The third kappa shape index (κ3) is 5.39. The Labute approximate surface area is 170 Å². The SMILES string of the molecule is NC(=O)C(=NOCC(=O)OC(c1ccccc1)c1ccccc1)c1nc(N)cs1. The van der Waals surface area contributed by atoms with E-state index in [0.717, 1.165) is 22.5 Å². The second-order valence-corrected chi connectivity index (χ2v) is 6.70. The monoisotopic (exact) mass is 410 g/mol. The lowest BCUT2D eigenvalue weighted by molar-refractivity contribution is -0.153. The molecule has 1 aromatic heterocycles. The molecular formula is C20H18N4O4S. The summed E-state index contributed by atoms with van der Waals surface area (Å²) in [5, 5.41) is 5.37. The van der Waals surface area contributed by atoms with E-state index in [4.69, 9.17) is 21.0 Å². The Morgan fingerprint density at radius 2 is 1.62 bits per heavy atom. The average Bonchev–Trinajstić information content (AvgIpc) is 3.16. The zero-order valence-corrected chi connectivity index (χ0v) is 16.0. The van der Waals surface area contributed by atoms with Crippen molar-refractivity contribution in [2.75, 3.05) is 12.3 Å². The van der Waals surface area contributed by atoms with Gasteiger partial charge < -0.3 is 21.0 Å². The molecule has 3 rings (SSSR count). The van der Waals surface area contributed by atoms with E-state index in [9.17, 15) is 9.59 Å². The number of benzene rings is 2. The number of hydrogen-bond donors (Lipinski definition) is 2. The highest BCUT2D eigenvalue weighted by Crippen LogP contribution is 2.25. The summed E-state index contributed by atoms with van der Waals surface area (Å²) < 4.78 is 5.59. The Bertz CT molecular complexity index is 966. The van der Waals surface area contributed by atoms with Crippen LogP contribution in [0, 0.1) is 0 Å². The van der Waals surface area contributed by atoms with Gasteiger partial charge in [-0.2, -0.15) is 0 Å².